The first-order valence-electron chi connectivity index (χ1n) is 7.10. The number of aromatic hydroxyl groups is 1. The van der Waals surface area contributed by atoms with Crippen molar-refractivity contribution in [3.8, 4) is 5.75 Å². The van der Waals surface area contributed by atoms with E-state index in [9.17, 15) is 15.0 Å². The zero-order chi connectivity index (χ0) is 13.6. The van der Waals surface area contributed by atoms with E-state index in [-0.39, 0.29) is 11.2 Å². The third-order valence-electron chi connectivity index (χ3n) is 5.17. The fourth-order valence-corrected chi connectivity index (χ4v) is 4.12. The molecule has 0 saturated heterocycles. The highest BCUT2D eigenvalue weighted by molar-refractivity contribution is 5.85. The number of ketones is 1. The largest absolute Gasteiger partial charge is 0.508 e. The SMILES string of the molecule is CCC12CC(=O)C(O)CC1CCc1cc(O)ccc12. The van der Waals surface area contributed by atoms with Crippen LogP contribution in [-0.2, 0) is 16.6 Å². The second-order valence-corrected chi connectivity index (χ2v) is 5.98. The quantitative estimate of drug-likeness (QED) is 0.814. The Morgan fingerprint density at radius 3 is 2.95 bits per heavy atom. The van der Waals surface area contributed by atoms with Crippen LogP contribution in [0, 0.1) is 5.92 Å². The summed E-state index contributed by atoms with van der Waals surface area (Å²) in [6, 6.07) is 5.53. The van der Waals surface area contributed by atoms with Crippen molar-refractivity contribution in [3.05, 3.63) is 29.3 Å². The van der Waals surface area contributed by atoms with Gasteiger partial charge in [-0.3, -0.25) is 4.79 Å². The van der Waals surface area contributed by atoms with Crippen LogP contribution in [0.3, 0.4) is 0 Å². The number of hydrogen-bond acceptors (Lipinski definition) is 3. The second-order valence-electron chi connectivity index (χ2n) is 5.98. The van der Waals surface area contributed by atoms with Crippen LogP contribution < -0.4 is 0 Å². The van der Waals surface area contributed by atoms with Crippen LogP contribution in [0.1, 0.15) is 43.7 Å². The van der Waals surface area contributed by atoms with Gasteiger partial charge in [0.15, 0.2) is 5.78 Å². The van der Waals surface area contributed by atoms with Crippen molar-refractivity contribution < 1.29 is 15.0 Å². The summed E-state index contributed by atoms with van der Waals surface area (Å²) in [4.78, 5) is 12.0. The van der Waals surface area contributed by atoms with E-state index in [0.717, 1.165) is 19.3 Å². The first kappa shape index (κ1) is 12.7. The molecule has 1 aromatic carbocycles. The van der Waals surface area contributed by atoms with Gasteiger partial charge in [0.2, 0.25) is 0 Å². The summed E-state index contributed by atoms with van der Waals surface area (Å²) < 4.78 is 0. The lowest BCUT2D eigenvalue weighted by Gasteiger charge is -2.49. The summed E-state index contributed by atoms with van der Waals surface area (Å²) in [7, 11) is 0. The van der Waals surface area contributed by atoms with E-state index in [1.807, 2.05) is 12.1 Å². The molecule has 2 aliphatic carbocycles. The number of benzene rings is 1. The Balaban J connectivity index is 2.11. The molecule has 0 amide bonds. The number of carbonyl (C=O) groups is 1. The highest BCUT2D eigenvalue weighted by Crippen LogP contribution is 2.51. The Morgan fingerprint density at radius 2 is 2.21 bits per heavy atom. The minimum Gasteiger partial charge on any atom is -0.508 e. The van der Waals surface area contributed by atoms with Crippen LogP contribution in [-0.4, -0.2) is 22.1 Å². The fraction of sp³-hybridized carbons (Fsp3) is 0.562. The zero-order valence-electron chi connectivity index (χ0n) is 11.2. The number of Topliss-reactive ketones (excluding diaryl/α,β-unsaturated/α-hetero) is 1. The molecular formula is C16H20O3. The molecule has 3 atom stereocenters. The van der Waals surface area contributed by atoms with Gasteiger partial charge in [-0.2, -0.15) is 0 Å². The maximum Gasteiger partial charge on any atom is 0.162 e. The zero-order valence-corrected chi connectivity index (χ0v) is 11.2. The Morgan fingerprint density at radius 1 is 1.42 bits per heavy atom. The van der Waals surface area contributed by atoms with Crippen molar-refractivity contribution in [2.75, 3.05) is 0 Å². The predicted molar refractivity (Wildman–Crippen MR) is 72.1 cm³/mol. The van der Waals surface area contributed by atoms with Crippen molar-refractivity contribution >= 4 is 5.78 Å². The van der Waals surface area contributed by atoms with Gasteiger partial charge in [-0.05, 0) is 54.9 Å². The second kappa shape index (κ2) is 4.34. The predicted octanol–water partition coefficient (Wildman–Crippen LogP) is 2.33. The molecule has 0 bridgehead atoms. The van der Waals surface area contributed by atoms with E-state index in [4.69, 9.17) is 0 Å². The third-order valence-corrected chi connectivity index (χ3v) is 5.17. The van der Waals surface area contributed by atoms with Crippen LogP contribution in [0.5, 0.6) is 5.75 Å². The average molecular weight is 260 g/mol. The van der Waals surface area contributed by atoms with Gasteiger partial charge in [-0.15, -0.1) is 0 Å². The summed E-state index contributed by atoms with van der Waals surface area (Å²) in [6.07, 6.45) is 3.09. The van der Waals surface area contributed by atoms with Crippen molar-refractivity contribution in [3.63, 3.8) is 0 Å². The summed E-state index contributed by atoms with van der Waals surface area (Å²) >= 11 is 0. The molecule has 2 aliphatic rings. The molecule has 0 radical (unpaired) electrons. The summed E-state index contributed by atoms with van der Waals surface area (Å²) in [5.41, 5.74) is 2.25. The molecule has 1 aromatic rings. The van der Waals surface area contributed by atoms with Gasteiger partial charge in [-0.1, -0.05) is 13.0 Å². The number of rotatable bonds is 1. The van der Waals surface area contributed by atoms with E-state index in [2.05, 4.69) is 6.92 Å². The van der Waals surface area contributed by atoms with Crippen LogP contribution in [0.15, 0.2) is 18.2 Å². The number of phenolic OH excluding ortho intramolecular Hbond substituents is 1. The molecule has 2 N–H and O–H groups in total. The molecule has 0 spiro atoms. The molecule has 3 rings (SSSR count). The molecule has 102 valence electrons. The van der Waals surface area contributed by atoms with Crippen LogP contribution in [0.2, 0.25) is 0 Å². The molecule has 0 aliphatic heterocycles. The van der Waals surface area contributed by atoms with E-state index >= 15 is 0 Å². The Kier molecular flexibility index (Phi) is 2.90. The van der Waals surface area contributed by atoms with Crippen molar-refractivity contribution in [1.82, 2.24) is 0 Å². The van der Waals surface area contributed by atoms with Crippen LogP contribution in [0.25, 0.3) is 0 Å². The fourth-order valence-electron chi connectivity index (χ4n) is 4.12. The smallest absolute Gasteiger partial charge is 0.162 e. The number of aryl methyl sites for hydroxylation is 1. The van der Waals surface area contributed by atoms with Gasteiger partial charge >= 0.3 is 0 Å². The van der Waals surface area contributed by atoms with Gasteiger partial charge in [0.05, 0.1) is 0 Å². The molecule has 19 heavy (non-hydrogen) atoms. The molecule has 3 unspecified atom stereocenters. The van der Waals surface area contributed by atoms with Gasteiger partial charge in [0, 0.05) is 11.8 Å². The normalized spacial score (nSPS) is 33.7. The van der Waals surface area contributed by atoms with Crippen molar-refractivity contribution in [2.45, 2.75) is 50.5 Å². The Labute approximate surface area is 113 Å². The minimum absolute atomic E-state index is 0.0287. The number of hydrogen-bond donors (Lipinski definition) is 2. The maximum absolute atomic E-state index is 12.0. The van der Waals surface area contributed by atoms with E-state index in [0.29, 0.717) is 24.5 Å². The summed E-state index contributed by atoms with van der Waals surface area (Å²) in [6.45, 7) is 2.12. The maximum atomic E-state index is 12.0. The lowest BCUT2D eigenvalue weighted by Crippen LogP contribution is -2.49. The van der Waals surface area contributed by atoms with E-state index < -0.39 is 6.10 Å². The minimum atomic E-state index is -0.775. The first-order chi connectivity index (χ1) is 9.06. The summed E-state index contributed by atoms with van der Waals surface area (Å²) in [5.74, 6) is 0.645. The van der Waals surface area contributed by atoms with Crippen molar-refractivity contribution in [1.29, 1.82) is 0 Å². The van der Waals surface area contributed by atoms with E-state index in [1.54, 1.807) is 6.07 Å². The number of fused-ring (bicyclic) bond motifs is 3. The van der Waals surface area contributed by atoms with Crippen LogP contribution >= 0.6 is 0 Å². The van der Waals surface area contributed by atoms with Gasteiger partial charge in [0.25, 0.3) is 0 Å². The number of aliphatic hydroxyl groups is 1. The molecule has 1 fully saturated rings. The monoisotopic (exact) mass is 260 g/mol. The van der Waals surface area contributed by atoms with E-state index in [1.165, 1.54) is 11.1 Å². The number of carbonyl (C=O) groups excluding carboxylic acids is 1. The van der Waals surface area contributed by atoms with Crippen molar-refractivity contribution in [2.24, 2.45) is 5.92 Å². The molecule has 1 saturated carbocycles. The molecule has 0 aromatic heterocycles. The van der Waals surface area contributed by atoms with Crippen LogP contribution in [0.4, 0.5) is 0 Å². The Bertz CT molecular complexity index is 523. The molecule has 3 heteroatoms. The topological polar surface area (TPSA) is 57.5 Å². The standard InChI is InChI=1S/C16H20O3/c1-2-16-9-15(19)14(18)8-11(16)4-3-10-7-12(17)5-6-13(10)16/h5-7,11,14,17-18H,2-4,8-9H2,1H3. The first-order valence-corrected chi connectivity index (χ1v) is 7.10. The Hall–Kier alpha value is -1.35. The lowest BCUT2D eigenvalue weighted by atomic mass is 9.55. The summed E-state index contributed by atoms with van der Waals surface area (Å²) in [5, 5.41) is 19.5. The average Bonchev–Trinajstić information content (AvgIpc) is 2.40. The number of aliphatic hydroxyl groups excluding tert-OH is 1. The molecular weight excluding hydrogens is 240 g/mol. The molecule has 0 heterocycles. The van der Waals surface area contributed by atoms with Gasteiger partial charge in [0.1, 0.15) is 11.9 Å². The third kappa shape index (κ3) is 1.79. The lowest BCUT2D eigenvalue weighted by molar-refractivity contribution is -0.134. The molecule has 3 nitrogen and oxygen atoms in total. The van der Waals surface area contributed by atoms with Gasteiger partial charge < -0.3 is 10.2 Å². The highest BCUT2D eigenvalue weighted by Gasteiger charge is 2.49. The number of phenols is 1. The highest BCUT2D eigenvalue weighted by atomic mass is 16.3. The van der Waals surface area contributed by atoms with Gasteiger partial charge in [-0.25, -0.2) is 0 Å².